The second kappa shape index (κ2) is 8.14. The van der Waals surface area contributed by atoms with Gasteiger partial charge < -0.3 is 10.4 Å². The van der Waals surface area contributed by atoms with Crippen molar-refractivity contribution in [3.63, 3.8) is 0 Å². The number of rotatable bonds is 7. The molecule has 0 bridgehead atoms. The molecule has 1 atom stereocenters. The third-order valence-electron chi connectivity index (χ3n) is 2.27. The Balaban J connectivity index is 2.17. The zero-order valence-electron chi connectivity index (χ0n) is 10.1. The zero-order chi connectivity index (χ0) is 12.5. The van der Waals surface area contributed by atoms with Crippen molar-refractivity contribution in [3.8, 4) is 0 Å². The molecule has 0 aromatic heterocycles. The summed E-state index contributed by atoms with van der Waals surface area (Å²) < 4.78 is 0. The lowest BCUT2D eigenvalue weighted by atomic mass is 10.2. The topological polar surface area (TPSA) is 49.3 Å². The molecule has 1 rings (SSSR count). The third-order valence-corrected chi connectivity index (χ3v) is 3.28. The van der Waals surface area contributed by atoms with Crippen molar-refractivity contribution in [2.45, 2.75) is 30.8 Å². The summed E-state index contributed by atoms with van der Waals surface area (Å²) in [6.07, 6.45) is 1.23. The summed E-state index contributed by atoms with van der Waals surface area (Å²) in [5, 5.41) is 12.2. The maximum atomic E-state index is 11.5. The molecule has 2 N–H and O–H groups in total. The highest BCUT2D eigenvalue weighted by Crippen LogP contribution is 2.16. The number of aliphatic hydroxyl groups excluding tert-OH is 1. The molecule has 1 amide bonds. The summed E-state index contributed by atoms with van der Waals surface area (Å²) in [6, 6.07) is 9.80. The molecule has 3 nitrogen and oxygen atoms in total. The number of aliphatic hydroxyl groups is 1. The lowest BCUT2D eigenvalue weighted by molar-refractivity contribution is -0.119. The number of amides is 1. The normalized spacial score (nSPS) is 12.1. The van der Waals surface area contributed by atoms with Gasteiger partial charge in [-0.05, 0) is 18.6 Å². The fourth-order valence-corrected chi connectivity index (χ4v) is 2.13. The van der Waals surface area contributed by atoms with E-state index in [0.29, 0.717) is 12.3 Å². The van der Waals surface area contributed by atoms with Crippen molar-refractivity contribution < 1.29 is 9.90 Å². The van der Waals surface area contributed by atoms with E-state index in [1.165, 1.54) is 11.8 Å². The van der Waals surface area contributed by atoms with E-state index >= 15 is 0 Å². The maximum Gasteiger partial charge on any atom is 0.230 e. The van der Waals surface area contributed by atoms with Crippen LogP contribution in [-0.2, 0) is 4.79 Å². The van der Waals surface area contributed by atoms with Gasteiger partial charge in [0.2, 0.25) is 5.91 Å². The third kappa shape index (κ3) is 6.34. The number of carbonyl (C=O) groups is 1. The molecular weight excluding hydrogens is 234 g/mol. The van der Waals surface area contributed by atoms with Crippen LogP contribution in [0.2, 0.25) is 0 Å². The minimum Gasteiger partial charge on any atom is -0.391 e. The highest BCUT2D eigenvalue weighted by molar-refractivity contribution is 8.00. The van der Waals surface area contributed by atoms with E-state index < -0.39 is 6.10 Å². The molecule has 1 aromatic carbocycles. The fraction of sp³-hybridized carbons (Fsp3) is 0.462. The smallest absolute Gasteiger partial charge is 0.230 e. The Labute approximate surface area is 107 Å². The van der Waals surface area contributed by atoms with Crippen LogP contribution in [0.15, 0.2) is 35.2 Å². The second-order valence-electron chi connectivity index (χ2n) is 3.85. The first-order chi connectivity index (χ1) is 8.22. The van der Waals surface area contributed by atoms with Gasteiger partial charge in [0, 0.05) is 11.4 Å². The van der Waals surface area contributed by atoms with Gasteiger partial charge in [0.15, 0.2) is 0 Å². The van der Waals surface area contributed by atoms with Gasteiger partial charge in [-0.3, -0.25) is 4.79 Å². The van der Waals surface area contributed by atoms with Crippen LogP contribution < -0.4 is 5.32 Å². The lowest BCUT2D eigenvalue weighted by Gasteiger charge is -2.10. The fourth-order valence-electron chi connectivity index (χ4n) is 1.38. The predicted octanol–water partition coefficient (Wildman–Crippen LogP) is 2.06. The van der Waals surface area contributed by atoms with Gasteiger partial charge in [0.25, 0.3) is 0 Å². The van der Waals surface area contributed by atoms with E-state index in [1.54, 1.807) is 0 Å². The minimum atomic E-state index is -0.425. The molecule has 94 valence electrons. The SMILES string of the molecule is CCCC(O)CNC(=O)CSc1ccccc1. The summed E-state index contributed by atoms with van der Waals surface area (Å²) in [7, 11) is 0. The number of hydrogen-bond donors (Lipinski definition) is 2. The molecule has 0 radical (unpaired) electrons. The monoisotopic (exact) mass is 253 g/mol. The lowest BCUT2D eigenvalue weighted by Crippen LogP contribution is -2.33. The summed E-state index contributed by atoms with van der Waals surface area (Å²) in [6.45, 7) is 2.36. The van der Waals surface area contributed by atoms with Crippen LogP contribution in [0.5, 0.6) is 0 Å². The molecule has 0 aliphatic heterocycles. The van der Waals surface area contributed by atoms with Gasteiger partial charge in [-0.15, -0.1) is 11.8 Å². The Hall–Kier alpha value is -1.00. The van der Waals surface area contributed by atoms with Crippen LogP contribution in [0.3, 0.4) is 0 Å². The molecule has 0 fully saturated rings. The van der Waals surface area contributed by atoms with E-state index in [1.807, 2.05) is 37.3 Å². The van der Waals surface area contributed by atoms with Gasteiger partial charge in [-0.1, -0.05) is 31.5 Å². The quantitative estimate of drug-likeness (QED) is 0.731. The van der Waals surface area contributed by atoms with Crippen LogP contribution in [-0.4, -0.2) is 29.4 Å². The predicted molar refractivity (Wildman–Crippen MR) is 71.1 cm³/mol. The number of hydrogen-bond acceptors (Lipinski definition) is 3. The average Bonchev–Trinajstić information content (AvgIpc) is 2.35. The van der Waals surface area contributed by atoms with Crippen LogP contribution in [0.25, 0.3) is 0 Å². The van der Waals surface area contributed by atoms with Gasteiger partial charge in [0.1, 0.15) is 0 Å². The molecule has 0 spiro atoms. The Morgan fingerprint density at radius 2 is 2.12 bits per heavy atom. The van der Waals surface area contributed by atoms with Gasteiger partial charge in [-0.2, -0.15) is 0 Å². The molecule has 17 heavy (non-hydrogen) atoms. The largest absolute Gasteiger partial charge is 0.391 e. The Morgan fingerprint density at radius 3 is 2.76 bits per heavy atom. The summed E-state index contributed by atoms with van der Waals surface area (Å²) in [5.41, 5.74) is 0. The molecule has 4 heteroatoms. The zero-order valence-corrected chi connectivity index (χ0v) is 10.9. The van der Waals surface area contributed by atoms with E-state index in [2.05, 4.69) is 5.32 Å². The Bertz CT molecular complexity index is 329. The molecule has 1 unspecified atom stereocenters. The minimum absolute atomic E-state index is 0.0333. The summed E-state index contributed by atoms with van der Waals surface area (Å²) in [4.78, 5) is 12.6. The highest BCUT2D eigenvalue weighted by atomic mass is 32.2. The molecule has 0 heterocycles. The molecule has 0 saturated carbocycles. The van der Waals surface area contributed by atoms with Crippen molar-refractivity contribution in [3.05, 3.63) is 30.3 Å². The standard InChI is InChI=1S/C13H19NO2S/c1-2-6-11(15)9-14-13(16)10-17-12-7-4-3-5-8-12/h3-5,7-8,11,15H,2,6,9-10H2,1H3,(H,14,16). The molecule has 0 aliphatic carbocycles. The number of thioether (sulfide) groups is 1. The molecular formula is C13H19NO2S. The average molecular weight is 253 g/mol. The summed E-state index contributed by atoms with van der Waals surface area (Å²) >= 11 is 1.50. The van der Waals surface area contributed by atoms with E-state index in [0.717, 1.165) is 17.7 Å². The first kappa shape index (κ1) is 14.1. The molecule has 0 saturated heterocycles. The van der Waals surface area contributed by atoms with Crippen molar-refractivity contribution >= 4 is 17.7 Å². The number of nitrogens with one attached hydrogen (secondary N) is 1. The van der Waals surface area contributed by atoms with Crippen LogP contribution in [0.4, 0.5) is 0 Å². The molecule has 0 aliphatic rings. The van der Waals surface area contributed by atoms with Crippen LogP contribution in [0.1, 0.15) is 19.8 Å². The van der Waals surface area contributed by atoms with Crippen molar-refractivity contribution in [1.82, 2.24) is 5.32 Å². The molecule has 1 aromatic rings. The Kier molecular flexibility index (Phi) is 6.74. The Morgan fingerprint density at radius 1 is 1.41 bits per heavy atom. The van der Waals surface area contributed by atoms with Gasteiger partial charge in [0.05, 0.1) is 11.9 Å². The summed E-state index contributed by atoms with van der Waals surface area (Å²) in [5.74, 6) is 0.358. The van der Waals surface area contributed by atoms with Crippen LogP contribution >= 0.6 is 11.8 Å². The van der Waals surface area contributed by atoms with Crippen molar-refractivity contribution in [2.24, 2.45) is 0 Å². The first-order valence-corrected chi connectivity index (χ1v) is 6.83. The highest BCUT2D eigenvalue weighted by Gasteiger charge is 2.06. The van der Waals surface area contributed by atoms with E-state index in [-0.39, 0.29) is 5.91 Å². The van der Waals surface area contributed by atoms with Crippen LogP contribution in [0, 0.1) is 0 Å². The second-order valence-corrected chi connectivity index (χ2v) is 4.90. The van der Waals surface area contributed by atoms with Crippen molar-refractivity contribution in [1.29, 1.82) is 0 Å². The first-order valence-electron chi connectivity index (χ1n) is 5.85. The number of benzene rings is 1. The van der Waals surface area contributed by atoms with E-state index in [4.69, 9.17) is 0 Å². The van der Waals surface area contributed by atoms with Gasteiger partial charge in [-0.25, -0.2) is 0 Å². The number of carbonyl (C=O) groups excluding carboxylic acids is 1. The van der Waals surface area contributed by atoms with Crippen molar-refractivity contribution in [2.75, 3.05) is 12.3 Å². The van der Waals surface area contributed by atoms with E-state index in [9.17, 15) is 9.90 Å². The van der Waals surface area contributed by atoms with Gasteiger partial charge >= 0.3 is 0 Å². The maximum absolute atomic E-state index is 11.5.